The standard InChI is InChI=1S/C23H23N3O4S/c1-13-19(22(27)26-15-8-6-5-7-9-15)20(16(12-24)23(31)25-13)14-10-17(28-2)21(30-4)18(11-14)29-3/h5-11,20,24H,1-4H3,(H,25,31)(H,26,27). The molecule has 3 rings (SSSR count). The minimum atomic E-state index is -0.649. The number of allylic oxidation sites excluding steroid dienone is 1. The average molecular weight is 438 g/mol. The predicted molar refractivity (Wildman–Crippen MR) is 124 cm³/mol. The molecule has 1 atom stereocenters. The Bertz CT molecular complexity index is 1080. The molecule has 0 fully saturated rings. The van der Waals surface area contributed by atoms with Gasteiger partial charge < -0.3 is 24.8 Å². The summed E-state index contributed by atoms with van der Waals surface area (Å²) in [5.74, 6) is 2.75. The van der Waals surface area contributed by atoms with Gasteiger partial charge in [0.05, 0.1) is 32.8 Å². The fraction of sp³-hybridized carbons (Fsp3) is 0.217. The molecule has 31 heavy (non-hydrogen) atoms. The van der Waals surface area contributed by atoms with Gasteiger partial charge in [0, 0.05) is 17.0 Å². The Morgan fingerprint density at radius 1 is 1.10 bits per heavy atom. The molecule has 1 aliphatic rings. The number of carbonyl (C=O) groups excluding carboxylic acids is 1. The van der Waals surface area contributed by atoms with E-state index < -0.39 is 5.92 Å². The van der Waals surface area contributed by atoms with Crippen LogP contribution in [0.25, 0.3) is 0 Å². The van der Waals surface area contributed by atoms with E-state index in [-0.39, 0.29) is 5.91 Å². The van der Waals surface area contributed by atoms with Crippen LogP contribution in [0.15, 0.2) is 59.3 Å². The highest BCUT2D eigenvalue weighted by atomic mass is 32.1. The van der Waals surface area contributed by atoms with Crippen molar-refractivity contribution in [1.82, 2.24) is 5.32 Å². The molecule has 0 radical (unpaired) electrons. The molecule has 1 heterocycles. The molecule has 0 aliphatic carbocycles. The van der Waals surface area contributed by atoms with Crippen molar-refractivity contribution >= 4 is 34.7 Å². The van der Waals surface area contributed by atoms with Gasteiger partial charge >= 0.3 is 0 Å². The molecule has 8 heteroatoms. The topological polar surface area (TPSA) is 92.7 Å². The third-order valence-corrected chi connectivity index (χ3v) is 5.28. The lowest BCUT2D eigenvalue weighted by molar-refractivity contribution is -0.113. The van der Waals surface area contributed by atoms with E-state index in [2.05, 4.69) is 16.5 Å². The number of benzene rings is 2. The average Bonchev–Trinajstić information content (AvgIpc) is 2.78. The molecule has 0 saturated carbocycles. The van der Waals surface area contributed by atoms with Crippen molar-refractivity contribution in [1.29, 1.82) is 5.41 Å². The number of methoxy groups -OCH3 is 3. The van der Waals surface area contributed by atoms with Crippen LogP contribution in [0.1, 0.15) is 18.4 Å². The van der Waals surface area contributed by atoms with Gasteiger partial charge in [-0.25, -0.2) is 0 Å². The largest absolute Gasteiger partial charge is 0.493 e. The Balaban J connectivity index is 2.18. The number of para-hydroxylation sites is 1. The second-order valence-corrected chi connectivity index (χ2v) is 7.15. The summed E-state index contributed by atoms with van der Waals surface area (Å²) in [5.41, 5.74) is 2.70. The van der Waals surface area contributed by atoms with E-state index in [9.17, 15) is 4.79 Å². The van der Waals surface area contributed by atoms with Crippen molar-refractivity contribution < 1.29 is 19.0 Å². The Morgan fingerprint density at radius 3 is 2.23 bits per heavy atom. The highest BCUT2D eigenvalue weighted by Crippen LogP contribution is 2.44. The van der Waals surface area contributed by atoms with Crippen molar-refractivity contribution in [3.63, 3.8) is 0 Å². The smallest absolute Gasteiger partial charge is 0.254 e. The second kappa shape index (κ2) is 9.47. The fourth-order valence-electron chi connectivity index (χ4n) is 3.55. The maximum absolute atomic E-state index is 13.3. The zero-order valence-corrected chi connectivity index (χ0v) is 18.5. The van der Waals surface area contributed by atoms with Gasteiger partial charge in [-0.2, -0.15) is 0 Å². The Hall–Kier alpha value is -3.61. The van der Waals surface area contributed by atoms with Crippen LogP contribution >= 0.6 is 12.2 Å². The van der Waals surface area contributed by atoms with Crippen molar-refractivity contribution in [3.8, 4) is 17.2 Å². The molecule has 0 saturated heterocycles. The summed E-state index contributed by atoms with van der Waals surface area (Å²) < 4.78 is 16.4. The van der Waals surface area contributed by atoms with Crippen LogP contribution < -0.4 is 24.8 Å². The fourth-order valence-corrected chi connectivity index (χ4v) is 3.87. The molecule has 0 spiro atoms. The van der Waals surface area contributed by atoms with Gasteiger partial charge in [-0.05, 0) is 42.6 Å². The molecule has 0 bridgehead atoms. The summed E-state index contributed by atoms with van der Waals surface area (Å²) in [6.45, 7) is 1.78. The number of nitrogens with one attached hydrogen (secondary N) is 3. The minimum absolute atomic E-state index is 0.315. The third kappa shape index (κ3) is 4.30. The molecular weight excluding hydrogens is 414 g/mol. The molecule has 0 aromatic heterocycles. The van der Waals surface area contributed by atoms with Crippen molar-refractivity contribution in [2.45, 2.75) is 12.8 Å². The summed E-state index contributed by atoms with van der Waals surface area (Å²) in [6.07, 6.45) is 0. The van der Waals surface area contributed by atoms with E-state index in [0.717, 1.165) is 0 Å². The first-order chi connectivity index (χ1) is 14.9. The van der Waals surface area contributed by atoms with Crippen LogP contribution in [0.3, 0.4) is 0 Å². The van der Waals surface area contributed by atoms with Gasteiger partial charge in [-0.3, -0.25) is 10.2 Å². The van der Waals surface area contributed by atoms with Crippen molar-refractivity contribution in [2.75, 3.05) is 26.6 Å². The van der Waals surface area contributed by atoms with Crippen molar-refractivity contribution in [2.24, 2.45) is 0 Å². The maximum atomic E-state index is 13.3. The number of thiocarbonyl (C=S) groups is 1. The summed E-state index contributed by atoms with van der Waals surface area (Å²) in [5, 5.41) is 13.8. The van der Waals surface area contributed by atoms with Crippen LogP contribution in [-0.2, 0) is 4.79 Å². The van der Waals surface area contributed by atoms with Gasteiger partial charge in [0.15, 0.2) is 11.5 Å². The lowest BCUT2D eigenvalue weighted by Crippen LogP contribution is -2.36. The molecule has 160 valence electrons. The Labute approximate surface area is 186 Å². The highest BCUT2D eigenvalue weighted by Gasteiger charge is 2.36. The van der Waals surface area contributed by atoms with Gasteiger partial charge in [-0.15, -0.1) is 0 Å². The van der Waals surface area contributed by atoms with Crippen LogP contribution in [-0.4, -0.2) is 38.1 Å². The first-order valence-corrected chi connectivity index (χ1v) is 9.84. The monoisotopic (exact) mass is 437 g/mol. The van der Waals surface area contributed by atoms with Gasteiger partial charge in [0.1, 0.15) is 4.99 Å². The number of carbonyl (C=O) groups is 1. The number of amides is 1. The lowest BCUT2D eigenvalue weighted by Gasteiger charge is -2.30. The van der Waals surface area contributed by atoms with Crippen molar-refractivity contribution in [3.05, 3.63) is 64.9 Å². The summed E-state index contributed by atoms with van der Waals surface area (Å²) in [7, 11) is 4.56. The number of anilines is 1. The Kier molecular flexibility index (Phi) is 6.74. The van der Waals surface area contributed by atoms with E-state index in [4.69, 9.17) is 31.8 Å². The first-order valence-electron chi connectivity index (χ1n) is 9.43. The number of ether oxygens (including phenoxy) is 3. The molecule has 2 aromatic rings. The van der Waals surface area contributed by atoms with E-state index in [1.807, 2.05) is 18.2 Å². The normalized spacial score (nSPS) is 15.7. The third-order valence-electron chi connectivity index (χ3n) is 4.96. The minimum Gasteiger partial charge on any atom is -0.493 e. The van der Waals surface area contributed by atoms with Gasteiger partial charge in [-0.1, -0.05) is 30.4 Å². The molecule has 3 N–H and O–H groups in total. The summed E-state index contributed by atoms with van der Waals surface area (Å²) in [6, 6.07) is 12.7. The zero-order chi connectivity index (χ0) is 22.5. The van der Waals surface area contributed by atoms with E-state index in [1.165, 1.54) is 21.3 Å². The number of hydrogen-bond donors (Lipinski definition) is 3. The summed E-state index contributed by atoms with van der Waals surface area (Å²) >= 11 is 5.44. The van der Waals surface area contributed by atoms with Crippen LogP contribution in [0.4, 0.5) is 5.69 Å². The zero-order valence-electron chi connectivity index (χ0n) is 17.7. The number of rotatable bonds is 6. The maximum Gasteiger partial charge on any atom is 0.254 e. The quantitative estimate of drug-likeness (QED) is 0.362. The molecular formula is C23H23N3O4S. The molecule has 1 amide bonds. The molecule has 7 nitrogen and oxygen atoms in total. The Morgan fingerprint density at radius 2 is 1.71 bits per heavy atom. The van der Waals surface area contributed by atoms with E-state index >= 15 is 0 Å². The molecule has 1 aliphatic heterocycles. The highest BCUT2D eigenvalue weighted by molar-refractivity contribution is 7.80. The second-order valence-electron chi connectivity index (χ2n) is 6.74. The van der Waals surface area contributed by atoms with E-state index in [1.54, 1.807) is 31.2 Å². The number of hydrogen-bond acceptors (Lipinski definition) is 6. The predicted octanol–water partition coefficient (Wildman–Crippen LogP) is 3.81. The van der Waals surface area contributed by atoms with Crippen LogP contribution in [0.5, 0.6) is 17.2 Å². The van der Waals surface area contributed by atoms with Gasteiger partial charge in [0.25, 0.3) is 5.91 Å². The SMILES string of the molecule is COc1cc(C2C(=C=N)C(=S)NC(C)=C2C(=O)Nc2ccccc2)cc(OC)c1OC. The van der Waals surface area contributed by atoms with Crippen LogP contribution in [0.2, 0.25) is 0 Å². The van der Waals surface area contributed by atoms with Crippen LogP contribution in [0, 0.1) is 5.41 Å². The first kappa shape index (κ1) is 22.1. The molecule has 1 unspecified atom stereocenters. The molecule has 2 aromatic carbocycles. The van der Waals surface area contributed by atoms with Gasteiger partial charge in [0.2, 0.25) is 5.75 Å². The lowest BCUT2D eigenvalue weighted by atomic mass is 9.81. The summed E-state index contributed by atoms with van der Waals surface area (Å²) in [4.78, 5) is 13.7. The van der Waals surface area contributed by atoms with E-state index in [0.29, 0.717) is 50.3 Å².